The average Bonchev–Trinajstić information content (AvgIpc) is 3.10. The Morgan fingerprint density at radius 1 is 0.857 bits per heavy atom. The lowest BCUT2D eigenvalue weighted by Gasteiger charge is -2.23. The summed E-state index contributed by atoms with van der Waals surface area (Å²) in [5.74, 6) is 1.02. The first-order valence-corrected chi connectivity index (χ1v) is 11.1. The molecule has 1 aliphatic heterocycles. The minimum atomic E-state index is -1.99. The Morgan fingerprint density at radius 2 is 1.49 bits per heavy atom. The number of amides is 1. The van der Waals surface area contributed by atoms with Crippen LogP contribution in [-0.2, 0) is 10.4 Å². The van der Waals surface area contributed by atoms with Gasteiger partial charge < -0.3 is 29.0 Å². The molecule has 8 nitrogen and oxygen atoms in total. The van der Waals surface area contributed by atoms with Crippen LogP contribution < -0.4 is 23.8 Å². The third-order valence-corrected chi connectivity index (χ3v) is 6.00. The van der Waals surface area contributed by atoms with Crippen LogP contribution in [0.1, 0.15) is 22.3 Å². The van der Waals surface area contributed by atoms with Crippen molar-refractivity contribution in [2.45, 2.75) is 12.0 Å². The summed E-state index contributed by atoms with van der Waals surface area (Å²) in [6.07, 6.45) is -0.414. The van der Waals surface area contributed by atoms with Crippen LogP contribution in [0.3, 0.4) is 0 Å². The Hall–Kier alpha value is -4.04. The second-order valence-corrected chi connectivity index (χ2v) is 8.00. The highest BCUT2D eigenvalue weighted by Crippen LogP contribution is 2.43. The number of anilines is 1. The summed E-state index contributed by atoms with van der Waals surface area (Å²) in [5.41, 5.74) is -0.759. The molecule has 0 radical (unpaired) electrons. The molecule has 1 amide bonds. The molecule has 0 aromatic heterocycles. The third kappa shape index (κ3) is 4.52. The van der Waals surface area contributed by atoms with Crippen molar-refractivity contribution in [3.8, 4) is 23.0 Å². The van der Waals surface area contributed by atoms with Crippen LogP contribution in [0.2, 0.25) is 0 Å². The molecule has 35 heavy (non-hydrogen) atoms. The second kappa shape index (κ2) is 10.1. The number of benzene rings is 3. The van der Waals surface area contributed by atoms with Gasteiger partial charge in [-0.05, 0) is 36.4 Å². The third-order valence-electron chi connectivity index (χ3n) is 6.00. The fraction of sp³-hybridized carbons (Fsp3) is 0.259. The molecular weight excluding hydrogens is 450 g/mol. The first-order valence-electron chi connectivity index (χ1n) is 11.1. The number of ketones is 1. The van der Waals surface area contributed by atoms with E-state index in [0.29, 0.717) is 39.8 Å². The first-order chi connectivity index (χ1) is 16.9. The number of Topliss-reactive ketones (excluding diaryl/α,β-unsaturated/α-hetero) is 1. The molecule has 3 aromatic carbocycles. The number of hydrogen-bond donors (Lipinski definition) is 1. The van der Waals surface area contributed by atoms with Gasteiger partial charge in [-0.3, -0.25) is 9.59 Å². The molecule has 3 aromatic rings. The molecule has 0 saturated heterocycles. The Morgan fingerprint density at radius 3 is 2.20 bits per heavy atom. The van der Waals surface area contributed by atoms with E-state index in [2.05, 4.69) is 0 Å². The van der Waals surface area contributed by atoms with Gasteiger partial charge in [0.1, 0.15) is 6.61 Å². The molecule has 0 spiro atoms. The van der Waals surface area contributed by atoms with Gasteiger partial charge in [0, 0.05) is 11.1 Å². The molecule has 4 rings (SSSR count). The Balaban J connectivity index is 1.54. The number of hydrogen-bond acceptors (Lipinski definition) is 7. The molecule has 8 heteroatoms. The predicted octanol–water partition coefficient (Wildman–Crippen LogP) is 3.60. The molecule has 1 unspecified atom stereocenters. The smallest absolute Gasteiger partial charge is 0.264 e. The van der Waals surface area contributed by atoms with E-state index < -0.39 is 23.7 Å². The molecule has 1 heterocycles. The van der Waals surface area contributed by atoms with Crippen LogP contribution in [-0.4, -0.2) is 51.3 Å². The van der Waals surface area contributed by atoms with E-state index in [1.54, 1.807) is 55.6 Å². The van der Waals surface area contributed by atoms with Gasteiger partial charge in [0.05, 0.1) is 40.0 Å². The van der Waals surface area contributed by atoms with Gasteiger partial charge in [-0.1, -0.05) is 30.3 Å². The molecule has 0 bridgehead atoms. The summed E-state index contributed by atoms with van der Waals surface area (Å²) in [6.45, 7) is 0.348. The summed E-state index contributed by atoms with van der Waals surface area (Å²) in [6, 6.07) is 18.9. The maximum Gasteiger partial charge on any atom is 0.264 e. The Bertz CT molecular complexity index is 1240. The van der Waals surface area contributed by atoms with Gasteiger partial charge >= 0.3 is 0 Å². The Labute approximate surface area is 203 Å². The lowest BCUT2D eigenvalue weighted by molar-refractivity contribution is -0.135. The number of aliphatic hydroxyl groups is 1. The molecule has 1 N–H and O–H groups in total. The number of carbonyl (C=O) groups excluding carboxylic acids is 2. The fourth-order valence-electron chi connectivity index (χ4n) is 4.23. The maximum atomic E-state index is 13.4. The summed E-state index contributed by atoms with van der Waals surface area (Å²) in [5, 5.41) is 11.5. The van der Waals surface area contributed by atoms with E-state index in [0.717, 1.165) is 0 Å². The zero-order valence-electron chi connectivity index (χ0n) is 19.8. The number of nitrogens with zero attached hydrogens (tertiary/aromatic N) is 1. The molecule has 1 atom stereocenters. The highest BCUT2D eigenvalue weighted by atomic mass is 16.5. The molecule has 1 aliphatic rings. The van der Waals surface area contributed by atoms with Crippen molar-refractivity contribution in [1.29, 1.82) is 0 Å². The van der Waals surface area contributed by atoms with Crippen molar-refractivity contribution in [2.24, 2.45) is 0 Å². The standard InChI is InChI=1S/C27H27NO7/c1-32-22-10-6-7-11-24(22)35-15-14-28-20-9-5-4-8-19(20)27(31,26(28)30)17-21(29)18-12-13-23(33-2)25(16-18)34-3/h4-13,16,31H,14-15,17H2,1-3H3. The van der Waals surface area contributed by atoms with Gasteiger partial charge in [0.15, 0.2) is 34.4 Å². The van der Waals surface area contributed by atoms with E-state index in [4.69, 9.17) is 18.9 Å². The number of para-hydroxylation sites is 3. The van der Waals surface area contributed by atoms with E-state index in [1.165, 1.54) is 25.2 Å². The Kier molecular flexibility index (Phi) is 6.93. The zero-order valence-corrected chi connectivity index (χ0v) is 19.8. The summed E-state index contributed by atoms with van der Waals surface area (Å²) < 4.78 is 21.6. The molecular formula is C27H27NO7. The van der Waals surface area contributed by atoms with Gasteiger partial charge in [-0.15, -0.1) is 0 Å². The SMILES string of the molecule is COc1ccc(C(=O)CC2(O)C(=O)N(CCOc3ccccc3OC)c3ccccc32)cc1OC. The fourth-order valence-corrected chi connectivity index (χ4v) is 4.23. The highest BCUT2D eigenvalue weighted by molar-refractivity contribution is 6.10. The van der Waals surface area contributed by atoms with Crippen LogP contribution in [0.15, 0.2) is 66.7 Å². The number of carbonyl (C=O) groups is 2. The maximum absolute atomic E-state index is 13.4. The van der Waals surface area contributed by atoms with Gasteiger partial charge in [0.2, 0.25) is 0 Å². The van der Waals surface area contributed by atoms with Crippen molar-refractivity contribution in [1.82, 2.24) is 0 Å². The monoisotopic (exact) mass is 477 g/mol. The minimum absolute atomic E-state index is 0.167. The number of methoxy groups -OCH3 is 3. The largest absolute Gasteiger partial charge is 0.493 e. The molecule has 0 fully saturated rings. The van der Waals surface area contributed by atoms with Crippen LogP contribution >= 0.6 is 0 Å². The van der Waals surface area contributed by atoms with Crippen LogP contribution in [0, 0.1) is 0 Å². The molecule has 0 saturated carbocycles. The summed E-state index contributed by atoms with van der Waals surface area (Å²) in [4.78, 5) is 28.0. The van der Waals surface area contributed by atoms with E-state index >= 15 is 0 Å². The predicted molar refractivity (Wildman–Crippen MR) is 130 cm³/mol. The summed E-state index contributed by atoms with van der Waals surface area (Å²) >= 11 is 0. The topological polar surface area (TPSA) is 94.5 Å². The average molecular weight is 478 g/mol. The van der Waals surface area contributed by atoms with Crippen molar-refractivity contribution in [3.63, 3.8) is 0 Å². The van der Waals surface area contributed by atoms with E-state index in [-0.39, 0.29) is 13.2 Å². The first kappa shape index (κ1) is 24.1. The van der Waals surface area contributed by atoms with E-state index in [1.807, 2.05) is 12.1 Å². The quantitative estimate of drug-likeness (QED) is 0.446. The van der Waals surface area contributed by atoms with Crippen LogP contribution in [0.25, 0.3) is 0 Å². The molecule has 0 aliphatic carbocycles. The zero-order chi connectivity index (χ0) is 25.0. The van der Waals surface area contributed by atoms with Gasteiger partial charge in [0.25, 0.3) is 5.91 Å². The summed E-state index contributed by atoms with van der Waals surface area (Å²) in [7, 11) is 4.53. The van der Waals surface area contributed by atoms with Crippen molar-refractivity contribution < 1.29 is 33.6 Å². The lowest BCUT2D eigenvalue weighted by atomic mass is 9.88. The normalized spacial score (nSPS) is 16.6. The second-order valence-electron chi connectivity index (χ2n) is 8.00. The van der Waals surface area contributed by atoms with Crippen molar-refractivity contribution in [2.75, 3.05) is 39.4 Å². The van der Waals surface area contributed by atoms with Crippen molar-refractivity contribution >= 4 is 17.4 Å². The van der Waals surface area contributed by atoms with E-state index in [9.17, 15) is 14.7 Å². The lowest BCUT2D eigenvalue weighted by Crippen LogP contribution is -2.43. The van der Waals surface area contributed by atoms with Gasteiger partial charge in [-0.2, -0.15) is 0 Å². The van der Waals surface area contributed by atoms with Crippen molar-refractivity contribution in [3.05, 3.63) is 77.9 Å². The van der Waals surface area contributed by atoms with Gasteiger partial charge in [-0.25, -0.2) is 0 Å². The molecule has 182 valence electrons. The number of fused-ring (bicyclic) bond motifs is 1. The number of rotatable bonds is 10. The number of ether oxygens (including phenoxy) is 4. The van der Waals surface area contributed by atoms with Crippen LogP contribution in [0.4, 0.5) is 5.69 Å². The van der Waals surface area contributed by atoms with Crippen LogP contribution in [0.5, 0.6) is 23.0 Å². The highest BCUT2D eigenvalue weighted by Gasteiger charge is 2.50. The minimum Gasteiger partial charge on any atom is -0.493 e.